The first-order valence-corrected chi connectivity index (χ1v) is 10.1. The summed E-state index contributed by atoms with van der Waals surface area (Å²) in [6.45, 7) is 5.26. The first-order chi connectivity index (χ1) is 12.7. The van der Waals surface area contributed by atoms with Gasteiger partial charge in [0.05, 0.1) is 18.9 Å². The summed E-state index contributed by atoms with van der Waals surface area (Å²) in [6.07, 6.45) is 0.943. The van der Waals surface area contributed by atoms with E-state index in [2.05, 4.69) is 33.5 Å². The maximum atomic E-state index is 12.7. The number of benzene rings is 1. The molecule has 2 aliphatic rings. The number of ether oxygens (including phenoxy) is 1. The number of amides is 1. The monoisotopic (exact) mass is 372 g/mol. The molecule has 1 aromatic heterocycles. The Labute approximate surface area is 157 Å². The van der Waals surface area contributed by atoms with Crippen molar-refractivity contribution in [3.05, 3.63) is 35.5 Å². The summed E-state index contributed by atoms with van der Waals surface area (Å²) in [4.78, 5) is 16.3. The van der Waals surface area contributed by atoms with Gasteiger partial charge in [-0.25, -0.2) is 0 Å². The lowest BCUT2D eigenvalue weighted by molar-refractivity contribution is 0.0374. The van der Waals surface area contributed by atoms with E-state index in [-0.39, 0.29) is 5.91 Å². The predicted molar refractivity (Wildman–Crippen MR) is 102 cm³/mol. The second-order valence-electron chi connectivity index (χ2n) is 6.65. The maximum Gasteiger partial charge on any atom is 0.272 e. The van der Waals surface area contributed by atoms with Crippen LogP contribution in [0.5, 0.6) is 0 Å². The van der Waals surface area contributed by atoms with Gasteiger partial charge >= 0.3 is 0 Å². The van der Waals surface area contributed by atoms with Crippen LogP contribution in [0.4, 0.5) is 0 Å². The van der Waals surface area contributed by atoms with Crippen LogP contribution in [0.3, 0.4) is 0 Å². The average Bonchev–Trinajstić information content (AvgIpc) is 3.03. The lowest BCUT2D eigenvalue weighted by Gasteiger charge is -2.26. The highest BCUT2D eigenvalue weighted by atomic mass is 32.2. The van der Waals surface area contributed by atoms with E-state index in [9.17, 15) is 4.79 Å². The third-order valence-electron chi connectivity index (χ3n) is 4.91. The normalized spacial score (nSPS) is 16.8. The van der Waals surface area contributed by atoms with Crippen molar-refractivity contribution in [1.82, 2.24) is 20.0 Å². The van der Waals surface area contributed by atoms with Gasteiger partial charge in [0.1, 0.15) is 0 Å². The molecule has 0 aliphatic carbocycles. The summed E-state index contributed by atoms with van der Waals surface area (Å²) in [5.41, 5.74) is 3.84. The molecule has 1 aromatic carbocycles. The SMILES string of the molecule is Cn1nc(C(=O)NCCCN2CCOCC2)c2c1-c1ccccc1SC2. The molecule has 3 heterocycles. The zero-order valence-corrected chi connectivity index (χ0v) is 15.8. The fourth-order valence-electron chi connectivity index (χ4n) is 3.58. The molecule has 138 valence electrons. The molecule has 2 aliphatic heterocycles. The highest BCUT2D eigenvalue weighted by Gasteiger charge is 2.27. The highest BCUT2D eigenvalue weighted by molar-refractivity contribution is 7.98. The van der Waals surface area contributed by atoms with E-state index in [4.69, 9.17) is 4.74 Å². The molecule has 6 nitrogen and oxygen atoms in total. The zero-order valence-electron chi connectivity index (χ0n) is 15.0. The van der Waals surface area contributed by atoms with Gasteiger partial charge in [0.25, 0.3) is 5.91 Å². The lowest BCUT2D eigenvalue weighted by Crippen LogP contribution is -2.38. The van der Waals surface area contributed by atoms with Crippen LogP contribution < -0.4 is 5.32 Å². The van der Waals surface area contributed by atoms with Gasteiger partial charge in [-0.15, -0.1) is 11.8 Å². The quantitative estimate of drug-likeness (QED) is 0.815. The van der Waals surface area contributed by atoms with Gasteiger partial charge in [-0.2, -0.15) is 5.10 Å². The van der Waals surface area contributed by atoms with Gasteiger partial charge in [-0.05, 0) is 19.0 Å². The van der Waals surface area contributed by atoms with E-state index < -0.39 is 0 Å². The Morgan fingerprint density at radius 1 is 1.31 bits per heavy atom. The fourth-order valence-corrected chi connectivity index (χ4v) is 4.64. The average molecular weight is 372 g/mol. The highest BCUT2D eigenvalue weighted by Crippen LogP contribution is 2.42. The third kappa shape index (κ3) is 3.51. The van der Waals surface area contributed by atoms with Crippen LogP contribution in [0.1, 0.15) is 22.5 Å². The van der Waals surface area contributed by atoms with Crippen LogP contribution in [0.25, 0.3) is 11.3 Å². The van der Waals surface area contributed by atoms with E-state index in [1.165, 1.54) is 10.5 Å². The molecule has 0 unspecified atom stereocenters. The van der Waals surface area contributed by atoms with Gasteiger partial charge in [0, 0.05) is 48.5 Å². The molecule has 0 atom stereocenters. The summed E-state index contributed by atoms with van der Waals surface area (Å²) in [5, 5.41) is 7.57. The fraction of sp³-hybridized carbons (Fsp3) is 0.474. The zero-order chi connectivity index (χ0) is 17.9. The first kappa shape index (κ1) is 17.6. The molecule has 0 bridgehead atoms. The minimum Gasteiger partial charge on any atom is -0.379 e. The van der Waals surface area contributed by atoms with Crippen molar-refractivity contribution in [2.75, 3.05) is 39.4 Å². The first-order valence-electron chi connectivity index (χ1n) is 9.10. The van der Waals surface area contributed by atoms with Gasteiger partial charge in [-0.1, -0.05) is 18.2 Å². The number of aromatic nitrogens is 2. The Balaban J connectivity index is 1.40. The number of nitrogens with zero attached hydrogens (tertiary/aromatic N) is 3. The van der Waals surface area contributed by atoms with E-state index in [1.807, 2.05) is 17.8 Å². The Morgan fingerprint density at radius 3 is 2.96 bits per heavy atom. The molecule has 26 heavy (non-hydrogen) atoms. The van der Waals surface area contributed by atoms with Crippen molar-refractivity contribution in [2.24, 2.45) is 7.05 Å². The summed E-state index contributed by atoms with van der Waals surface area (Å²) < 4.78 is 7.20. The smallest absolute Gasteiger partial charge is 0.272 e. The topological polar surface area (TPSA) is 59.4 Å². The third-order valence-corrected chi connectivity index (χ3v) is 6.01. The molecule has 2 aromatic rings. The van der Waals surface area contributed by atoms with Gasteiger partial charge in [0.15, 0.2) is 5.69 Å². The summed E-state index contributed by atoms with van der Waals surface area (Å²) in [7, 11) is 1.92. The number of carbonyl (C=O) groups is 1. The van der Waals surface area contributed by atoms with Crippen molar-refractivity contribution in [1.29, 1.82) is 0 Å². The summed E-state index contributed by atoms with van der Waals surface area (Å²) >= 11 is 1.77. The largest absolute Gasteiger partial charge is 0.379 e. The van der Waals surface area contributed by atoms with Crippen molar-refractivity contribution in [2.45, 2.75) is 17.1 Å². The molecule has 0 saturated carbocycles. The van der Waals surface area contributed by atoms with Crippen LogP contribution in [-0.2, 0) is 17.5 Å². The number of morpholine rings is 1. The van der Waals surface area contributed by atoms with E-state index in [0.29, 0.717) is 12.2 Å². The minimum absolute atomic E-state index is 0.0659. The van der Waals surface area contributed by atoms with Crippen molar-refractivity contribution < 1.29 is 9.53 Å². The predicted octanol–water partition coefficient (Wildman–Crippen LogP) is 2.14. The van der Waals surface area contributed by atoms with Crippen LogP contribution in [0.2, 0.25) is 0 Å². The van der Waals surface area contributed by atoms with Crippen LogP contribution >= 0.6 is 11.8 Å². The van der Waals surface area contributed by atoms with Gasteiger partial charge in [0.2, 0.25) is 0 Å². The van der Waals surface area contributed by atoms with Crippen LogP contribution in [0.15, 0.2) is 29.2 Å². The van der Waals surface area contributed by atoms with E-state index in [1.54, 1.807) is 11.8 Å². The number of aryl methyl sites for hydroxylation is 1. The maximum absolute atomic E-state index is 12.7. The van der Waals surface area contributed by atoms with Crippen molar-refractivity contribution >= 4 is 17.7 Å². The Kier molecular flexibility index (Phi) is 5.28. The number of fused-ring (bicyclic) bond motifs is 3. The second kappa shape index (κ2) is 7.82. The minimum atomic E-state index is -0.0659. The number of carbonyl (C=O) groups excluding carboxylic acids is 1. The number of hydrogen-bond acceptors (Lipinski definition) is 5. The molecule has 1 saturated heterocycles. The standard InChI is InChI=1S/C19H24N4O2S/c1-22-18-14-5-2-3-6-16(14)26-13-15(18)17(21-22)19(24)20-7-4-8-23-9-11-25-12-10-23/h2-3,5-6H,4,7-13H2,1H3,(H,20,24). The summed E-state index contributed by atoms with van der Waals surface area (Å²) in [6, 6.07) is 8.31. The molecule has 1 fully saturated rings. The van der Waals surface area contributed by atoms with Gasteiger partial charge in [-0.3, -0.25) is 14.4 Å². The Morgan fingerprint density at radius 2 is 2.12 bits per heavy atom. The van der Waals surface area contributed by atoms with Crippen LogP contribution in [-0.4, -0.2) is 60.0 Å². The molecular weight excluding hydrogens is 348 g/mol. The number of rotatable bonds is 5. The van der Waals surface area contributed by atoms with E-state index in [0.717, 1.165) is 56.3 Å². The Hall–Kier alpha value is -1.83. The molecule has 1 N–H and O–H groups in total. The second-order valence-corrected chi connectivity index (χ2v) is 7.66. The number of hydrogen-bond donors (Lipinski definition) is 1. The molecule has 0 spiro atoms. The molecule has 1 amide bonds. The van der Waals surface area contributed by atoms with E-state index >= 15 is 0 Å². The Bertz CT molecular complexity index is 799. The van der Waals surface area contributed by atoms with Crippen molar-refractivity contribution in [3.8, 4) is 11.3 Å². The number of thioether (sulfide) groups is 1. The molecular formula is C19H24N4O2S. The molecule has 7 heteroatoms. The summed E-state index contributed by atoms with van der Waals surface area (Å²) in [5.74, 6) is 0.722. The number of nitrogens with one attached hydrogen (secondary N) is 1. The molecule has 0 radical (unpaired) electrons. The van der Waals surface area contributed by atoms with Crippen LogP contribution in [0, 0.1) is 0 Å². The molecule has 4 rings (SSSR count). The van der Waals surface area contributed by atoms with Gasteiger partial charge < -0.3 is 10.1 Å². The lowest BCUT2D eigenvalue weighted by atomic mass is 10.1. The van der Waals surface area contributed by atoms with Crippen molar-refractivity contribution in [3.63, 3.8) is 0 Å².